The Balaban J connectivity index is 0. The van der Waals surface area contributed by atoms with Gasteiger partial charge in [-0.25, -0.2) is 0 Å². The first-order chi connectivity index (χ1) is 1.73. The minimum absolute atomic E-state index is 0. The summed E-state index contributed by atoms with van der Waals surface area (Å²) in [6, 6.07) is 0. The Kier molecular flexibility index (Phi) is 7.99. The molecule has 5 heteroatoms. The fourth-order valence-electron chi connectivity index (χ4n) is 0. The predicted molar refractivity (Wildman–Crippen MR) is 13.2 cm³/mol. The van der Waals surface area contributed by atoms with E-state index in [2.05, 4.69) is 0 Å². The standard InChI is InChI=1S/3O.H3P.V/h;;;1H3;. The third-order valence-corrected chi connectivity index (χ3v) is 0. The van der Waals surface area contributed by atoms with Gasteiger partial charge >= 0.3 is 26.0 Å². The van der Waals surface area contributed by atoms with Crippen LogP contribution in [-0.2, 0) is 26.0 Å². The van der Waals surface area contributed by atoms with Crippen molar-refractivity contribution in [2.45, 2.75) is 0 Å². The molecule has 0 aliphatic rings. The van der Waals surface area contributed by atoms with Crippen molar-refractivity contribution in [2.75, 3.05) is 0 Å². The van der Waals surface area contributed by atoms with Crippen molar-refractivity contribution >= 4 is 9.90 Å². The molecule has 3 nitrogen and oxygen atoms in total. The normalized spacial score (nSPS) is 4.80. The first-order valence-corrected chi connectivity index (χ1v) is 2.26. The Hall–Kier alpha value is 0.414. The zero-order valence-corrected chi connectivity index (χ0v) is 5.19. The summed E-state index contributed by atoms with van der Waals surface area (Å²) in [5.41, 5.74) is 0. The SMILES string of the molecule is P.[O]=[V](=[O])=[O]. The molecular weight excluding hydrogens is 130 g/mol. The molecule has 0 bridgehead atoms. The van der Waals surface area contributed by atoms with Crippen LogP contribution in [0.3, 0.4) is 0 Å². The van der Waals surface area contributed by atoms with E-state index in [-0.39, 0.29) is 9.90 Å². The third-order valence-electron chi connectivity index (χ3n) is 0. The average molecular weight is 133 g/mol. The molecule has 0 rings (SSSR count). The number of hydrogen-bond acceptors (Lipinski definition) is 3. The van der Waals surface area contributed by atoms with Crippen LogP contribution in [0.5, 0.6) is 0 Å². The van der Waals surface area contributed by atoms with Crippen LogP contribution in [-0.4, -0.2) is 0 Å². The summed E-state index contributed by atoms with van der Waals surface area (Å²) >= 11 is -3.94. The second kappa shape index (κ2) is 4.41. The van der Waals surface area contributed by atoms with Crippen LogP contribution in [0.25, 0.3) is 0 Å². The molecule has 1 atom stereocenters. The molecule has 5 heavy (non-hydrogen) atoms. The van der Waals surface area contributed by atoms with Gasteiger partial charge in [0.1, 0.15) is 0 Å². The topological polar surface area (TPSA) is 51.2 Å². The minimum atomic E-state index is -3.94. The van der Waals surface area contributed by atoms with E-state index < -0.39 is 15.0 Å². The van der Waals surface area contributed by atoms with Crippen LogP contribution >= 0.6 is 9.90 Å². The molecule has 31 valence electrons. The summed E-state index contributed by atoms with van der Waals surface area (Å²) in [7, 11) is 0. The van der Waals surface area contributed by atoms with Crippen LogP contribution < -0.4 is 0 Å². The van der Waals surface area contributed by atoms with Crippen molar-refractivity contribution in [3.8, 4) is 0 Å². The van der Waals surface area contributed by atoms with E-state index in [0.29, 0.717) is 0 Å². The van der Waals surface area contributed by atoms with Gasteiger partial charge in [-0.3, -0.25) is 0 Å². The Labute approximate surface area is 36.6 Å². The van der Waals surface area contributed by atoms with E-state index in [1.807, 2.05) is 0 Å². The zero-order chi connectivity index (χ0) is 3.58. The second-order valence-corrected chi connectivity index (χ2v) is 0.922. The molecule has 0 aliphatic heterocycles. The fourth-order valence-corrected chi connectivity index (χ4v) is 0. The van der Waals surface area contributed by atoms with Gasteiger partial charge in [0.2, 0.25) is 0 Å². The quantitative estimate of drug-likeness (QED) is 0.426. The van der Waals surface area contributed by atoms with Crippen LogP contribution in [0.4, 0.5) is 0 Å². The van der Waals surface area contributed by atoms with Gasteiger partial charge in [-0.2, -0.15) is 9.90 Å². The van der Waals surface area contributed by atoms with Gasteiger partial charge < -0.3 is 0 Å². The maximum absolute atomic E-state index is 8.56. The van der Waals surface area contributed by atoms with Crippen molar-refractivity contribution < 1.29 is 26.0 Å². The van der Waals surface area contributed by atoms with E-state index in [1.165, 1.54) is 0 Å². The Morgan fingerprint density at radius 2 is 1.00 bits per heavy atom. The van der Waals surface area contributed by atoms with Gasteiger partial charge in [0.25, 0.3) is 0 Å². The molecule has 0 fully saturated rings. The van der Waals surface area contributed by atoms with Gasteiger partial charge in [0.05, 0.1) is 0 Å². The molecule has 0 radical (unpaired) electrons. The summed E-state index contributed by atoms with van der Waals surface area (Å²) in [6.45, 7) is 0. The van der Waals surface area contributed by atoms with E-state index in [1.54, 1.807) is 0 Å². The predicted octanol–water partition coefficient (Wildman–Crippen LogP) is -0.301. The van der Waals surface area contributed by atoms with Crippen LogP contribution in [0.2, 0.25) is 0 Å². The molecule has 0 amide bonds. The summed E-state index contributed by atoms with van der Waals surface area (Å²) in [4.78, 5) is 0. The molecule has 0 N–H and O–H groups in total. The summed E-state index contributed by atoms with van der Waals surface area (Å²) in [5.74, 6) is 0. The van der Waals surface area contributed by atoms with Crippen LogP contribution in [0.1, 0.15) is 0 Å². The molecule has 0 aliphatic carbocycles. The van der Waals surface area contributed by atoms with Crippen molar-refractivity contribution in [2.24, 2.45) is 0 Å². The molecular formula is H3O3PV. The number of hydrogen-bond donors (Lipinski definition) is 0. The molecule has 0 aromatic rings. The van der Waals surface area contributed by atoms with Gasteiger partial charge in [0, 0.05) is 0 Å². The molecule has 1 unspecified atom stereocenters. The molecule has 0 spiro atoms. The van der Waals surface area contributed by atoms with Crippen LogP contribution in [0, 0.1) is 0 Å². The molecule has 0 aromatic heterocycles. The molecule has 0 aromatic carbocycles. The Morgan fingerprint density at radius 3 is 1.00 bits per heavy atom. The summed E-state index contributed by atoms with van der Waals surface area (Å²) < 4.78 is 25.7. The Bertz CT molecular complexity index is 76.3. The molecule has 0 saturated heterocycles. The van der Waals surface area contributed by atoms with Gasteiger partial charge in [-0.05, 0) is 0 Å². The fraction of sp³-hybridized carbons (Fsp3) is 0. The van der Waals surface area contributed by atoms with Gasteiger partial charge in [-0.1, -0.05) is 0 Å². The monoisotopic (exact) mass is 133 g/mol. The van der Waals surface area contributed by atoms with Crippen molar-refractivity contribution in [1.82, 2.24) is 0 Å². The zero-order valence-electron chi connectivity index (χ0n) is 2.38. The van der Waals surface area contributed by atoms with Gasteiger partial charge in [-0.15, -0.1) is 0 Å². The maximum atomic E-state index is 8.56. The molecule has 0 saturated carbocycles. The average Bonchev–Trinajstić information content (AvgIpc) is 0.811. The van der Waals surface area contributed by atoms with Crippen molar-refractivity contribution in [3.63, 3.8) is 0 Å². The number of rotatable bonds is 0. The first kappa shape index (κ1) is 9.05. The third kappa shape index (κ3) is 150. The van der Waals surface area contributed by atoms with E-state index in [9.17, 15) is 0 Å². The second-order valence-electron chi connectivity index (χ2n) is 0.224. The summed E-state index contributed by atoms with van der Waals surface area (Å²) in [5, 5.41) is 0. The first-order valence-electron chi connectivity index (χ1n) is 0.548. The van der Waals surface area contributed by atoms with Crippen molar-refractivity contribution in [1.29, 1.82) is 0 Å². The van der Waals surface area contributed by atoms with E-state index in [4.69, 9.17) is 11.0 Å². The Morgan fingerprint density at radius 1 is 1.00 bits per heavy atom. The van der Waals surface area contributed by atoms with Crippen LogP contribution in [0.15, 0.2) is 0 Å². The van der Waals surface area contributed by atoms with E-state index >= 15 is 0 Å². The molecule has 0 heterocycles. The van der Waals surface area contributed by atoms with E-state index in [0.717, 1.165) is 0 Å². The summed E-state index contributed by atoms with van der Waals surface area (Å²) in [6.07, 6.45) is 0. The van der Waals surface area contributed by atoms with Gasteiger partial charge in [0.15, 0.2) is 0 Å². The van der Waals surface area contributed by atoms with Crippen molar-refractivity contribution in [3.05, 3.63) is 0 Å².